The van der Waals surface area contributed by atoms with Crippen LogP contribution in [0.2, 0.25) is 0 Å². The van der Waals surface area contributed by atoms with Gasteiger partial charge in [-0.15, -0.1) is 0 Å². The third-order valence-electron chi connectivity index (χ3n) is 2.93. The Bertz CT molecular complexity index is 716. The first kappa shape index (κ1) is 16.0. The van der Waals surface area contributed by atoms with E-state index in [1.807, 2.05) is 16.8 Å². The van der Waals surface area contributed by atoms with E-state index >= 15 is 0 Å². The maximum Gasteiger partial charge on any atom is 0.243 e. The summed E-state index contributed by atoms with van der Waals surface area (Å²) >= 11 is 1.51. The van der Waals surface area contributed by atoms with Crippen LogP contribution in [-0.2, 0) is 23.0 Å². The van der Waals surface area contributed by atoms with Gasteiger partial charge in [-0.25, -0.2) is 21.9 Å². The number of thiophene rings is 1. The molecule has 0 bridgehead atoms. The monoisotopic (exact) mass is 332 g/mol. The summed E-state index contributed by atoms with van der Waals surface area (Å²) in [5.74, 6) is -1.99. The van der Waals surface area contributed by atoms with Crippen molar-refractivity contribution in [3.05, 3.63) is 51.7 Å². The summed E-state index contributed by atoms with van der Waals surface area (Å²) < 4.78 is 53.7. The highest BCUT2D eigenvalue weighted by Gasteiger charge is 2.22. The molecule has 2 rings (SSSR count). The third-order valence-corrected chi connectivity index (χ3v) is 5.14. The van der Waals surface area contributed by atoms with E-state index in [1.165, 1.54) is 11.3 Å². The maximum absolute atomic E-state index is 14.0. The molecule has 1 aromatic carbocycles. The van der Waals surface area contributed by atoms with Gasteiger partial charge in [-0.1, -0.05) is 0 Å². The molecule has 0 unspecified atom stereocenters. The van der Waals surface area contributed by atoms with Crippen LogP contribution in [0.25, 0.3) is 0 Å². The first-order chi connectivity index (χ1) is 9.95. The van der Waals surface area contributed by atoms with Crippen molar-refractivity contribution in [2.45, 2.75) is 17.9 Å². The van der Waals surface area contributed by atoms with Crippen LogP contribution in [0.5, 0.6) is 0 Å². The van der Waals surface area contributed by atoms with E-state index in [2.05, 4.69) is 4.72 Å². The second kappa shape index (κ2) is 6.61. The Hall–Kier alpha value is -1.35. The smallest absolute Gasteiger partial charge is 0.243 e. The van der Waals surface area contributed by atoms with Gasteiger partial charge in [0.2, 0.25) is 10.0 Å². The minimum Gasteiger partial charge on any atom is -0.326 e. The molecular weight excluding hydrogens is 318 g/mol. The summed E-state index contributed by atoms with van der Waals surface area (Å²) in [6.45, 7) is -0.274. The molecule has 0 aliphatic rings. The van der Waals surface area contributed by atoms with Crippen LogP contribution in [0.4, 0.5) is 8.78 Å². The minimum absolute atomic E-state index is 0.133. The molecule has 0 atom stereocenters. The van der Waals surface area contributed by atoms with E-state index in [0.29, 0.717) is 6.42 Å². The highest BCUT2D eigenvalue weighted by atomic mass is 32.2. The van der Waals surface area contributed by atoms with E-state index in [-0.39, 0.29) is 6.54 Å². The molecule has 0 aliphatic heterocycles. The minimum atomic E-state index is -4.04. The van der Waals surface area contributed by atoms with E-state index < -0.39 is 38.7 Å². The zero-order valence-corrected chi connectivity index (χ0v) is 12.6. The molecule has 8 heteroatoms. The number of hydrogen-bond donors (Lipinski definition) is 2. The lowest BCUT2D eigenvalue weighted by atomic mass is 10.2. The summed E-state index contributed by atoms with van der Waals surface area (Å²) in [5, 5.41) is 3.79. The molecule has 0 aliphatic carbocycles. The van der Waals surface area contributed by atoms with E-state index in [4.69, 9.17) is 5.73 Å². The average Bonchev–Trinajstić information content (AvgIpc) is 2.92. The molecule has 0 spiro atoms. The molecule has 21 heavy (non-hydrogen) atoms. The molecule has 0 radical (unpaired) electrons. The van der Waals surface area contributed by atoms with Crippen LogP contribution in [0.1, 0.15) is 11.1 Å². The third kappa shape index (κ3) is 3.65. The predicted octanol–water partition coefficient (Wildman–Crippen LogP) is 2.01. The van der Waals surface area contributed by atoms with Gasteiger partial charge < -0.3 is 5.73 Å². The lowest BCUT2D eigenvalue weighted by Crippen LogP contribution is -2.27. The molecule has 0 fully saturated rings. The number of rotatable bonds is 6. The van der Waals surface area contributed by atoms with Crippen molar-refractivity contribution in [2.75, 3.05) is 6.54 Å². The van der Waals surface area contributed by atoms with Gasteiger partial charge in [0, 0.05) is 18.7 Å². The second-order valence-corrected chi connectivity index (χ2v) is 6.84. The number of sulfonamides is 1. The second-order valence-electron chi connectivity index (χ2n) is 4.32. The van der Waals surface area contributed by atoms with Crippen LogP contribution in [0.3, 0.4) is 0 Å². The Labute approximate surface area is 125 Å². The number of nitrogens with two attached hydrogens (primary N) is 1. The van der Waals surface area contributed by atoms with Gasteiger partial charge in [-0.3, -0.25) is 0 Å². The number of benzene rings is 1. The molecule has 0 amide bonds. The molecule has 1 heterocycles. The summed E-state index contributed by atoms with van der Waals surface area (Å²) in [6, 6.07) is 3.68. The molecule has 0 saturated heterocycles. The molecule has 0 saturated carbocycles. The SMILES string of the molecule is NCc1c(F)ccc(S(=O)(=O)NCCc2ccsc2)c1F. The fraction of sp³-hybridized carbons (Fsp3) is 0.231. The first-order valence-electron chi connectivity index (χ1n) is 6.13. The van der Waals surface area contributed by atoms with Crippen LogP contribution < -0.4 is 10.5 Å². The average molecular weight is 332 g/mol. The van der Waals surface area contributed by atoms with Gasteiger partial charge in [0.05, 0.1) is 0 Å². The predicted molar refractivity (Wildman–Crippen MR) is 77.5 cm³/mol. The van der Waals surface area contributed by atoms with Gasteiger partial charge >= 0.3 is 0 Å². The van der Waals surface area contributed by atoms with Crippen molar-refractivity contribution in [3.63, 3.8) is 0 Å². The van der Waals surface area contributed by atoms with Crippen molar-refractivity contribution in [2.24, 2.45) is 5.73 Å². The summed E-state index contributed by atoms with van der Waals surface area (Å²) in [5.41, 5.74) is 5.79. The summed E-state index contributed by atoms with van der Waals surface area (Å²) in [4.78, 5) is -0.588. The van der Waals surface area contributed by atoms with Crippen molar-refractivity contribution in [1.29, 1.82) is 0 Å². The number of halogens is 2. The maximum atomic E-state index is 14.0. The number of hydrogen-bond acceptors (Lipinski definition) is 4. The zero-order valence-electron chi connectivity index (χ0n) is 11.0. The molecule has 114 valence electrons. The Morgan fingerprint density at radius 1 is 1.24 bits per heavy atom. The van der Waals surface area contributed by atoms with Crippen molar-refractivity contribution < 1.29 is 17.2 Å². The first-order valence-corrected chi connectivity index (χ1v) is 8.56. The highest BCUT2D eigenvalue weighted by Crippen LogP contribution is 2.20. The standard InChI is InChI=1S/C13H14F2N2O2S2/c14-11-1-2-12(13(15)10(11)7-16)21(18,19)17-5-3-9-4-6-20-8-9/h1-2,4,6,8,17H,3,5,7,16H2. The zero-order chi connectivity index (χ0) is 15.5. The van der Waals surface area contributed by atoms with Crippen LogP contribution in [-0.4, -0.2) is 15.0 Å². The van der Waals surface area contributed by atoms with E-state index in [0.717, 1.165) is 17.7 Å². The van der Waals surface area contributed by atoms with Crippen LogP contribution in [0, 0.1) is 11.6 Å². The van der Waals surface area contributed by atoms with Crippen LogP contribution >= 0.6 is 11.3 Å². The lowest BCUT2D eigenvalue weighted by Gasteiger charge is -2.10. The van der Waals surface area contributed by atoms with Crippen molar-refractivity contribution in [3.8, 4) is 0 Å². The van der Waals surface area contributed by atoms with E-state index in [1.54, 1.807) is 0 Å². The molecule has 3 N–H and O–H groups in total. The van der Waals surface area contributed by atoms with Gasteiger partial charge in [0.15, 0.2) is 5.82 Å². The van der Waals surface area contributed by atoms with Gasteiger partial charge in [-0.05, 0) is 40.9 Å². The molecule has 2 aromatic rings. The quantitative estimate of drug-likeness (QED) is 0.850. The topological polar surface area (TPSA) is 72.2 Å². The van der Waals surface area contributed by atoms with Gasteiger partial charge in [0.1, 0.15) is 10.7 Å². The Morgan fingerprint density at radius 2 is 2.00 bits per heavy atom. The van der Waals surface area contributed by atoms with Gasteiger partial charge in [0.25, 0.3) is 0 Å². The Balaban J connectivity index is 2.16. The van der Waals surface area contributed by atoms with Gasteiger partial charge in [-0.2, -0.15) is 11.3 Å². The Kier molecular flexibility index (Phi) is 5.04. The molecule has 1 aromatic heterocycles. The highest BCUT2D eigenvalue weighted by molar-refractivity contribution is 7.89. The lowest BCUT2D eigenvalue weighted by molar-refractivity contribution is 0.525. The molecule has 4 nitrogen and oxygen atoms in total. The van der Waals surface area contributed by atoms with E-state index in [9.17, 15) is 17.2 Å². The van der Waals surface area contributed by atoms with Crippen LogP contribution in [0.15, 0.2) is 33.9 Å². The normalized spacial score (nSPS) is 11.8. The summed E-state index contributed by atoms with van der Waals surface area (Å²) in [7, 11) is -4.04. The largest absolute Gasteiger partial charge is 0.326 e. The Morgan fingerprint density at radius 3 is 2.62 bits per heavy atom. The number of nitrogens with one attached hydrogen (secondary N) is 1. The van der Waals surface area contributed by atoms with Crippen molar-refractivity contribution in [1.82, 2.24) is 4.72 Å². The molecular formula is C13H14F2N2O2S2. The fourth-order valence-corrected chi connectivity index (χ4v) is 3.65. The summed E-state index contributed by atoms with van der Waals surface area (Å²) in [6.07, 6.45) is 0.495. The van der Waals surface area contributed by atoms with Crippen molar-refractivity contribution >= 4 is 21.4 Å². The fourth-order valence-electron chi connectivity index (χ4n) is 1.81.